The molecule has 0 fully saturated rings. The lowest BCUT2D eigenvalue weighted by atomic mass is 10.2. The molecule has 0 atom stereocenters. The Hall–Kier alpha value is -1.07. The molecule has 0 aliphatic carbocycles. The highest BCUT2D eigenvalue weighted by atomic mass is 79.9. The van der Waals surface area contributed by atoms with Gasteiger partial charge in [0.1, 0.15) is 5.01 Å². The summed E-state index contributed by atoms with van der Waals surface area (Å²) >= 11 is 5.17. The summed E-state index contributed by atoms with van der Waals surface area (Å²) in [5.41, 5.74) is 9.82. The van der Waals surface area contributed by atoms with Crippen molar-refractivity contribution in [1.82, 2.24) is 4.98 Å². The third kappa shape index (κ3) is 2.98. The van der Waals surface area contributed by atoms with Crippen LogP contribution < -0.4 is 11.1 Å². The summed E-state index contributed by atoms with van der Waals surface area (Å²) in [6, 6.07) is 3.96. The number of hydrogen-bond acceptors (Lipinski definition) is 4. The lowest BCUT2D eigenvalue weighted by Gasteiger charge is -2.10. The summed E-state index contributed by atoms with van der Waals surface area (Å²) in [5, 5.41) is 6.50. The molecular formula is C12H14BrN3S. The van der Waals surface area contributed by atoms with E-state index in [0.717, 1.165) is 38.7 Å². The SMILES string of the molecule is Cc1csc(CNc2cc(C)c(N)cc2Br)n1. The van der Waals surface area contributed by atoms with Crippen LogP contribution in [0.4, 0.5) is 11.4 Å². The third-order valence-electron chi connectivity index (χ3n) is 2.45. The summed E-state index contributed by atoms with van der Waals surface area (Å²) in [7, 11) is 0. The number of thiazole rings is 1. The van der Waals surface area contributed by atoms with Gasteiger partial charge in [0, 0.05) is 26.9 Å². The zero-order valence-corrected chi connectivity index (χ0v) is 12.2. The molecule has 5 heteroatoms. The summed E-state index contributed by atoms with van der Waals surface area (Å²) < 4.78 is 0.980. The van der Waals surface area contributed by atoms with Gasteiger partial charge in [0.15, 0.2) is 0 Å². The van der Waals surface area contributed by atoms with Crippen LogP contribution in [0.1, 0.15) is 16.3 Å². The van der Waals surface area contributed by atoms with Crippen molar-refractivity contribution in [2.45, 2.75) is 20.4 Å². The third-order valence-corrected chi connectivity index (χ3v) is 4.08. The summed E-state index contributed by atoms with van der Waals surface area (Å²) in [6.07, 6.45) is 0. The Labute approximate surface area is 113 Å². The van der Waals surface area contributed by atoms with Gasteiger partial charge in [-0.3, -0.25) is 0 Å². The van der Waals surface area contributed by atoms with Gasteiger partial charge in [-0.2, -0.15) is 0 Å². The number of hydrogen-bond donors (Lipinski definition) is 2. The number of benzene rings is 1. The molecule has 0 unspecified atom stereocenters. The highest BCUT2D eigenvalue weighted by Gasteiger charge is 2.04. The van der Waals surface area contributed by atoms with Crippen molar-refractivity contribution >= 4 is 38.6 Å². The van der Waals surface area contributed by atoms with Gasteiger partial charge >= 0.3 is 0 Å². The van der Waals surface area contributed by atoms with E-state index in [2.05, 4.69) is 31.6 Å². The molecule has 0 aliphatic heterocycles. The average molecular weight is 312 g/mol. The van der Waals surface area contributed by atoms with E-state index in [1.165, 1.54) is 0 Å². The van der Waals surface area contributed by atoms with Crippen LogP contribution in [-0.4, -0.2) is 4.98 Å². The van der Waals surface area contributed by atoms with Crippen molar-refractivity contribution in [1.29, 1.82) is 0 Å². The number of nitrogen functional groups attached to an aromatic ring is 1. The monoisotopic (exact) mass is 311 g/mol. The number of nitrogens with zero attached hydrogens (tertiary/aromatic N) is 1. The maximum atomic E-state index is 5.83. The molecule has 0 saturated heterocycles. The first-order valence-electron chi connectivity index (χ1n) is 5.27. The van der Waals surface area contributed by atoms with E-state index in [9.17, 15) is 0 Å². The van der Waals surface area contributed by atoms with Gasteiger partial charge in [-0.05, 0) is 47.5 Å². The van der Waals surface area contributed by atoms with Gasteiger partial charge in [-0.15, -0.1) is 11.3 Å². The highest BCUT2D eigenvalue weighted by Crippen LogP contribution is 2.28. The molecule has 1 aromatic heterocycles. The fraction of sp³-hybridized carbons (Fsp3) is 0.250. The van der Waals surface area contributed by atoms with Crippen LogP contribution in [0.5, 0.6) is 0 Å². The van der Waals surface area contributed by atoms with E-state index in [1.54, 1.807) is 11.3 Å². The first kappa shape index (κ1) is 12.4. The zero-order valence-electron chi connectivity index (χ0n) is 9.75. The number of rotatable bonds is 3. The van der Waals surface area contributed by atoms with E-state index < -0.39 is 0 Å². The average Bonchev–Trinajstić information content (AvgIpc) is 2.68. The van der Waals surface area contributed by atoms with Gasteiger partial charge < -0.3 is 11.1 Å². The van der Waals surface area contributed by atoms with Crippen molar-refractivity contribution in [3.63, 3.8) is 0 Å². The van der Waals surface area contributed by atoms with Gasteiger partial charge in [-0.25, -0.2) is 4.98 Å². The smallest absolute Gasteiger partial charge is 0.112 e. The van der Waals surface area contributed by atoms with E-state index >= 15 is 0 Å². The molecule has 0 amide bonds. The van der Waals surface area contributed by atoms with E-state index in [0.29, 0.717) is 0 Å². The first-order chi connectivity index (χ1) is 8.06. The maximum absolute atomic E-state index is 5.83. The fourth-order valence-electron chi connectivity index (χ4n) is 1.49. The predicted octanol–water partition coefficient (Wildman–Crippen LogP) is 3.72. The number of halogens is 1. The number of aryl methyl sites for hydroxylation is 2. The molecule has 1 aromatic carbocycles. The second kappa shape index (κ2) is 5.06. The van der Waals surface area contributed by atoms with Gasteiger partial charge in [0.2, 0.25) is 0 Å². The summed E-state index contributed by atoms with van der Waals surface area (Å²) in [6.45, 7) is 4.74. The Bertz CT molecular complexity index is 537. The maximum Gasteiger partial charge on any atom is 0.112 e. The Balaban J connectivity index is 2.11. The van der Waals surface area contributed by atoms with Crippen LogP contribution in [0.2, 0.25) is 0 Å². The molecule has 0 spiro atoms. The zero-order chi connectivity index (χ0) is 12.4. The summed E-state index contributed by atoms with van der Waals surface area (Å²) in [5.74, 6) is 0. The lowest BCUT2D eigenvalue weighted by Crippen LogP contribution is -2.01. The van der Waals surface area contributed by atoms with Crippen LogP contribution in [0.25, 0.3) is 0 Å². The molecule has 1 heterocycles. The number of nitrogens with one attached hydrogen (secondary N) is 1. The molecule has 0 aliphatic rings. The molecule has 90 valence electrons. The molecule has 3 N–H and O–H groups in total. The van der Waals surface area contributed by atoms with E-state index in [4.69, 9.17) is 5.73 Å². The molecule has 2 aromatic rings. The number of nitrogens with two attached hydrogens (primary N) is 1. The largest absolute Gasteiger partial charge is 0.398 e. The van der Waals surface area contributed by atoms with Crippen LogP contribution in [0.15, 0.2) is 22.0 Å². The fourth-order valence-corrected chi connectivity index (χ4v) is 2.70. The Morgan fingerprint density at radius 2 is 2.18 bits per heavy atom. The Morgan fingerprint density at radius 3 is 2.82 bits per heavy atom. The topological polar surface area (TPSA) is 50.9 Å². The quantitative estimate of drug-likeness (QED) is 0.849. The van der Waals surface area contributed by atoms with Crippen molar-refractivity contribution < 1.29 is 0 Å². The van der Waals surface area contributed by atoms with Crippen LogP contribution in [0, 0.1) is 13.8 Å². The molecular weight excluding hydrogens is 298 g/mol. The second-order valence-corrected chi connectivity index (χ2v) is 5.72. The van der Waals surface area contributed by atoms with Crippen LogP contribution in [0.3, 0.4) is 0 Å². The molecule has 0 saturated carbocycles. The van der Waals surface area contributed by atoms with Gasteiger partial charge in [0.25, 0.3) is 0 Å². The summed E-state index contributed by atoms with van der Waals surface area (Å²) in [4.78, 5) is 4.41. The molecule has 0 radical (unpaired) electrons. The van der Waals surface area contributed by atoms with E-state index in [1.807, 2.05) is 26.0 Å². The molecule has 2 rings (SSSR count). The minimum atomic E-state index is 0.737. The van der Waals surface area contributed by atoms with Crippen molar-refractivity contribution in [2.24, 2.45) is 0 Å². The van der Waals surface area contributed by atoms with E-state index in [-0.39, 0.29) is 0 Å². The van der Waals surface area contributed by atoms with Crippen LogP contribution >= 0.6 is 27.3 Å². The predicted molar refractivity (Wildman–Crippen MR) is 77.5 cm³/mol. The normalized spacial score (nSPS) is 10.5. The Kier molecular flexibility index (Phi) is 3.69. The second-order valence-electron chi connectivity index (χ2n) is 3.92. The molecule has 17 heavy (non-hydrogen) atoms. The van der Waals surface area contributed by atoms with Gasteiger partial charge in [0.05, 0.1) is 6.54 Å². The highest BCUT2D eigenvalue weighted by molar-refractivity contribution is 9.10. The minimum absolute atomic E-state index is 0.737. The molecule has 3 nitrogen and oxygen atoms in total. The van der Waals surface area contributed by atoms with Crippen molar-refractivity contribution in [2.75, 3.05) is 11.1 Å². The van der Waals surface area contributed by atoms with Crippen LogP contribution in [-0.2, 0) is 6.54 Å². The molecule has 0 bridgehead atoms. The minimum Gasteiger partial charge on any atom is -0.398 e. The Morgan fingerprint density at radius 1 is 1.41 bits per heavy atom. The number of anilines is 2. The first-order valence-corrected chi connectivity index (χ1v) is 6.94. The standard InChI is InChI=1S/C12H14BrN3S/c1-7-3-11(9(13)4-10(7)14)15-5-12-16-8(2)6-17-12/h3-4,6,15H,5,14H2,1-2H3. The van der Waals surface area contributed by atoms with Crippen molar-refractivity contribution in [3.05, 3.63) is 38.3 Å². The van der Waals surface area contributed by atoms with Gasteiger partial charge in [-0.1, -0.05) is 0 Å². The lowest BCUT2D eigenvalue weighted by molar-refractivity contribution is 1.07. The van der Waals surface area contributed by atoms with Crippen molar-refractivity contribution in [3.8, 4) is 0 Å². The number of aromatic nitrogens is 1.